The third kappa shape index (κ3) is 3.21. The molecule has 4 aromatic rings. The van der Waals surface area contributed by atoms with Crippen molar-refractivity contribution >= 4 is 22.5 Å². The molecule has 0 fully saturated rings. The average Bonchev–Trinajstić information content (AvgIpc) is 3.38. The molecule has 1 unspecified atom stereocenters. The minimum absolute atomic E-state index is 0.154. The predicted octanol–water partition coefficient (Wildman–Crippen LogP) is 2.64. The monoisotopic (exact) mass is 376 g/mol. The second-order valence-corrected chi connectivity index (χ2v) is 6.35. The Balaban J connectivity index is 1.64. The van der Waals surface area contributed by atoms with Crippen LogP contribution in [0.4, 0.5) is 5.69 Å². The van der Waals surface area contributed by atoms with Crippen molar-refractivity contribution in [3.8, 4) is 16.9 Å². The van der Waals surface area contributed by atoms with E-state index in [9.17, 15) is 4.79 Å². The standard InChI is InChI=1S/C20H20N6O2/c1-28-14-5-12(7-22-10-14)16(6-21)20(27)26-18-4-2-3-15-17(11-23-19(15)18)13-8-24-25-9-13/h2-5,7-11,16,23H,6,21H2,1H3,(H,24,25)(H,26,27). The minimum atomic E-state index is -0.541. The number of methoxy groups -OCH3 is 1. The van der Waals surface area contributed by atoms with Gasteiger partial charge in [0.2, 0.25) is 5.91 Å². The van der Waals surface area contributed by atoms with Gasteiger partial charge in [-0.3, -0.25) is 14.9 Å². The van der Waals surface area contributed by atoms with Gasteiger partial charge in [-0.15, -0.1) is 0 Å². The lowest BCUT2D eigenvalue weighted by molar-refractivity contribution is -0.117. The number of ether oxygens (including phenoxy) is 1. The Bertz CT molecular complexity index is 1100. The number of benzene rings is 1. The Morgan fingerprint density at radius 3 is 2.93 bits per heavy atom. The van der Waals surface area contributed by atoms with Crippen molar-refractivity contribution < 1.29 is 9.53 Å². The van der Waals surface area contributed by atoms with E-state index >= 15 is 0 Å². The first-order valence-electron chi connectivity index (χ1n) is 8.80. The highest BCUT2D eigenvalue weighted by Crippen LogP contribution is 2.32. The highest BCUT2D eigenvalue weighted by atomic mass is 16.5. The molecule has 1 atom stereocenters. The molecule has 8 nitrogen and oxygen atoms in total. The van der Waals surface area contributed by atoms with Gasteiger partial charge in [0.15, 0.2) is 0 Å². The number of hydrogen-bond donors (Lipinski definition) is 4. The molecular formula is C20H20N6O2. The lowest BCUT2D eigenvalue weighted by Crippen LogP contribution is -2.27. The van der Waals surface area contributed by atoms with Crippen molar-refractivity contribution in [3.63, 3.8) is 0 Å². The zero-order valence-electron chi connectivity index (χ0n) is 15.3. The molecule has 1 aromatic carbocycles. The van der Waals surface area contributed by atoms with Gasteiger partial charge in [-0.1, -0.05) is 12.1 Å². The third-order valence-corrected chi connectivity index (χ3v) is 4.71. The number of H-pyrrole nitrogens is 2. The zero-order chi connectivity index (χ0) is 19.5. The summed E-state index contributed by atoms with van der Waals surface area (Å²) in [6.07, 6.45) is 8.71. The fraction of sp³-hybridized carbons (Fsp3) is 0.150. The highest BCUT2D eigenvalue weighted by Gasteiger charge is 2.21. The number of fused-ring (bicyclic) bond motifs is 1. The van der Waals surface area contributed by atoms with Crippen LogP contribution in [0, 0.1) is 0 Å². The van der Waals surface area contributed by atoms with Gasteiger partial charge in [0.25, 0.3) is 0 Å². The number of amides is 1. The van der Waals surface area contributed by atoms with E-state index in [2.05, 4.69) is 25.5 Å². The SMILES string of the molecule is COc1cncc(C(CN)C(=O)Nc2cccc3c(-c4cn[nH]c4)c[nH]c23)c1. The topological polar surface area (TPSA) is 122 Å². The molecule has 0 spiro atoms. The van der Waals surface area contributed by atoms with Crippen LogP contribution in [-0.4, -0.2) is 39.7 Å². The maximum absolute atomic E-state index is 12.9. The molecule has 0 aliphatic rings. The molecule has 5 N–H and O–H groups in total. The molecule has 0 bridgehead atoms. The molecule has 3 heterocycles. The third-order valence-electron chi connectivity index (χ3n) is 4.71. The van der Waals surface area contributed by atoms with Crippen molar-refractivity contribution in [2.24, 2.45) is 5.73 Å². The molecule has 3 aromatic heterocycles. The number of hydrogen-bond acceptors (Lipinski definition) is 5. The molecule has 4 rings (SSSR count). The van der Waals surface area contributed by atoms with Crippen LogP contribution >= 0.6 is 0 Å². The molecular weight excluding hydrogens is 356 g/mol. The van der Waals surface area contributed by atoms with E-state index in [4.69, 9.17) is 10.5 Å². The van der Waals surface area contributed by atoms with Crippen LogP contribution < -0.4 is 15.8 Å². The minimum Gasteiger partial charge on any atom is -0.495 e. The second kappa shape index (κ2) is 7.53. The van der Waals surface area contributed by atoms with Gasteiger partial charge in [-0.2, -0.15) is 5.10 Å². The summed E-state index contributed by atoms with van der Waals surface area (Å²) in [6.45, 7) is 0.154. The van der Waals surface area contributed by atoms with Crippen LogP contribution in [0.5, 0.6) is 5.75 Å². The highest BCUT2D eigenvalue weighted by molar-refractivity contribution is 6.07. The smallest absolute Gasteiger partial charge is 0.233 e. The number of pyridine rings is 1. The fourth-order valence-electron chi connectivity index (χ4n) is 3.25. The summed E-state index contributed by atoms with van der Waals surface area (Å²) < 4.78 is 5.20. The number of carbonyl (C=O) groups excluding carboxylic acids is 1. The molecule has 1 amide bonds. The van der Waals surface area contributed by atoms with E-state index in [-0.39, 0.29) is 12.5 Å². The van der Waals surface area contributed by atoms with Crippen LogP contribution in [-0.2, 0) is 4.79 Å². The molecule has 8 heteroatoms. The summed E-state index contributed by atoms with van der Waals surface area (Å²) in [5.74, 6) is -0.161. The Morgan fingerprint density at radius 2 is 2.18 bits per heavy atom. The van der Waals surface area contributed by atoms with Crippen molar-refractivity contribution in [3.05, 3.63) is 60.8 Å². The molecule has 28 heavy (non-hydrogen) atoms. The maximum atomic E-state index is 12.9. The molecule has 0 radical (unpaired) electrons. The van der Waals surface area contributed by atoms with Gasteiger partial charge >= 0.3 is 0 Å². The summed E-state index contributed by atoms with van der Waals surface area (Å²) in [6, 6.07) is 7.53. The number of carbonyl (C=O) groups is 1. The molecule has 0 aliphatic heterocycles. The normalized spacial score (nSPS) is 12.1. The van der Waals surface area contributed by atoms with Gasteiger partial charge in [0.05, 0.1) is 36.6 Å². The number of nitrogens with two attached hydrogens (primary N) is 1. The van der Waals surface area contributed by atoms with Crippen molar-refractivity contribution in [2.75, 3.05) is 19.0 Å². The van der Waals surface area contributed by atoms with Gasteiger partial charge in [-0.05, 0) is 17.7 Å². The summed E-state index contributed by atoms with van der Waals surface area (Å²) in [5.41, 5.74) is 10.1. The molecule has 0 saturated carbocycles. The first-order chi connectivity index (χ1) is 13.7. The summed E-state index contributed by atoms with van der Waals surface area (Å²) in [4.78, 5) is 20.3. The lowest BCUT2D eigenvalue weighted by atomic mass is 9.99. The number of para-hydroxylation sites is 1. The van der Waals surface area contributed by atoms with Crippen LogP contribution in [0.15, 0.2) is 55.2 Å². The van der Waals surface area contributed by atoms with Gasteiger partial charge in [-0.25, -0.2) is 0 Å². The number of nitrogens with zero attached hydrogens (tertiary/aromatic N) is 2. The summed E-state index contributed by atoms with van der Waals surface area (Å²) in [7, 11) is 1.56. The molecule has 0 saturated heterocycles. The van der Waals surface area contributed by atoms with E-state index in [1.165, 1.54) is 0 Å². The zero-order valence-corrected chi connectivity index (χ0v) is 15.3. The number of anilines is 1. The number of nitrogens with one attached hydrogen (secondary N) is 3. The first-order valence-corrected chi connectivity index (χ1v) is 8.80. The predicted molar refractivity (Wildman–Crippen MR) is 107 cm³/mol. The quantitative estimate of drug-likeness (QED) is 0.412. The van der Waals surface area contributed by atoms with Crippen LogP contribution in [0.2, 0.25) is 0 Å². The average molecular weight is 376 g/mol. The van der Waals surface area contributed by atoms with Gasteiger partial charge in [0.1, 0.15) is 5.75 Å². The van der Waals surface area contributed by atoms with E-state index < -0.39 is 5.92 Å². The summed E-state index contributed by atoms with van der Waals surface area (Å²) in [5, 5.41) is 10.8. The van der Waals surface area contributed by atoms with E-state index in [0.717, 1.165) is 22.0 Å². The Hall–Kier alpha value is -3.65. The van der Waals surface area contributed by atoms with Crippen molar-refractivity contribution in [1.82, 2.24) is 20.2 Å². The number of rotatable bonds is 6. The van der Waals surface area contributed by atoms with Crippen LogP contribution in [0.1, 0.15) is 11.5 Å². The first kappa shape index (κ1) is 17.7. The van der Waals surface area contributed by atoms with Gasteiger partial charge in [0, 0.05) is 41.6 Å². The number of aromatic amines is 2. The van der Waals surface area contributed by atoms with Crippen LogP contribution in [0.25, 0.3) is 22.0 Å². The lowest BCUT2D eigenvalue weighted by Gasteiger charge is -2.16. The van der Waals surface area contributed by atoms with E-state index in [0.29, 0.717) is 17.0 Å². The fourth-order valence-corrected chi connectivity index (χ4v) is 3.25. The Labute approximate surface area is 161 Å². The van der Waals surface area contributed by atoms with E-state index in [1.54, 1.807) is 31.8 Å². The maximum Gasteiger partial charge on any atom is 0.233 e. The van der Waals surface area contributed by atoms with Crippen molar-refractivity contribution in [2.45, 2.75) is 5.92 Å². The largest absolute Gasteiger partial charge is 0.495 e. The van der Waals surface area contributed by atoms with Gasteiger partial charge < -0.3 is 20.8 Å². The van der Waals surface area contributed by atoms with Crippen LogP contribution in [0.3, 0.4) is 0 Å². The summed E-state index contributed by atoms with van der Waals surface area (Å²) >= 11 is 0. The second-order valence-electron chi connectivity index (χ2n) is 6.35. The van der Waals surface area contributed by atoms with E-state index in [1.807, 2.05) is 30.6 Å². The Kier molecular flexibility index (Phi) is 4.77. The molecule has 0 aliphatic carbocycles. The Morgan fingerprint density at radius 1 is 1.29 bits per heavy atom. The number of aromatic nitrogens is 4. The molecule has 142 valence electrons. The van der Waals surface area contributed by atoms with Crippen molar-refractivity contribution in [1.29, 1.82) is 0 Å².